The molecule has 5 heteroatoms. The van der Waals surface area contributed by atoms with Crippen molar-refractivity contribution in [3.8, 4) is 0 Å². The molecule has 1 aromatic rings. The summed E-state index contributed by atoms with van der Waals surface area (Å²) >= 11 is 0. The molecule has 1 saturated carbocycles. The van der Waals surface area contributed by atoms with Crippen LogP contribution in [0.1, 0.15) is 100 Å². The Morgan fingerprint density at radius 3 is 2.30 bits per heavy atom. The highest BCUT2D eigenvalue weighted by Gasteiger charge is 2.36. The van der Waals surface area contributed by atoms with Crippen molar-refractivity contribution >= 4 is 5.69 Å². The molecule has 372 valence electrons. The molecule has 6 rings (SSSR count). The molecule has 3 unspecified atom stereocenters. The minimum atomic E-state index is 0.0515. The fourth-order valence-electron chi connectivity index (χ4n) is 10.5. The predicted molar refractivity (Wildman–Crippen MR) is 309 cm³/mol. The van der Waals surface area contributed by atoms with Gasteiger partial charge in [0.2, 0.25) is 0 Å². The Hall–Kier alpha value is -6.72. The van der Waals surface area contributed by atoms with Gasteiger partial charge in [0, 0.05) is 62.1 Å². The van der Waals surface area contributed by atoms with E-state index in [2.05, 4.69) is 273 Å². The quantitative estimate of drug-likeness (QED) is 0.124. The second-order valence-electron chi connectivity index (χ2n) is 19.7. The molecule has 0 bridgehead atoms. The van der Waals surface area contributed by atoms with Crippen LogP contribution >= 0.6 is 0 Å². The van der Waals surface area contributed by atoms with Gasteiger partial charge in [-0.2, -0.15) is 0 Å². The third kappa shape index (κ3) is 13.8. The lowest BCUT2D eigenvalue weighted by Crippen LogP contribution is -2.37. The van der Waals surface area contributed by atoms with E-state index in [9.17, 15) is 0 Å². The van der Waals surface area contributed by atoms with E-state index < -0.39 is 0 Å². The molecule has 1 aliphatic heterocycles. The summed E-state index contributed by atoms with van der Waals surface area (Å²) in [6.07, 6.45) is 57.3. The summed E-state index contributed by atoms with van der Waals surface area (Å²) < 4.78 is 0. The van der Waals surface area contributed by atoms with Crippen molar-refractivity contribution in [3.05, 3.63) is 256 Å². The Labute approximate surface area is 430 Å². The summed E-state index contributed by atoms with van der Waals surface area (Å²) in [6, 6.07) is 11.2. The van der Waals surface area contributed by atoms with E-state index in [0.717, 1.165) is 53.2 Å². The topological polar surface area (TPSA) is 25.0 Å². The van der Waals surface area contributed by atoms with Crippen molar-refractivity contribution in [1.82, 2.24) is 20.2 Å². The van der Waals surface area contributed by atoms with E-state index in [1.165, 1.54) is 76.1 Å². The number of likely N-dealkylation sites (N-methyl/N-ethyl adjacent to an activating group) is 2. The van der Waals surface area contributed by atoms with Crippen molar-refractivity contribution < 1.29 is 0 Å². The fraction of sp³-hybridized carbons (Fsp3) is 0.333. The van der Waals surface area contributed by atoms with Crippen molar-refractivity contribution in [3.63, 3.8) is 0 Å². The molecule has 0 aromatic heterocycles. The van der Waals surface area contributed by atoms with Gasteiger partial charge < -0.3 is 20.1 Å². The lowest BCUT2D eigenvalue weighted by atomic mass is 9.85. The van der Waals surface area contributed by atoms with E-state index in [1.54, 1.807) is 0 Å². The largest absolute Gasteiger partial charge is 0.372 e. The van der Waals surface area contributed by atoms with Crippen LogP contribution in [0.25, 0.3) is 0 Å². The molecule has 5 aliphatic rings. The first-order valence-corrected chi connectivity index (χ1v) is 26.0. The van der Waals surface area contributed by atoms with E-state index in [0.29, 0.717) is 12.0 Å². The Morgan fingerprint density at radius 2 is 1.56 bits per heavy atom. The molecular formula is C66H83N5. The van der Waals surface area contributed by atoms with Crippen LogP contribution in [0.5, 0.6) is 0 Å². The fourth-order valence-corrected chi connectivity index (χ4v) is 10.5. The van der Waals surface area contributed by atoms with E-state index in [-0.39, 0.29) is 12.1 Å². The van der Waals surface area contributed by atoms with Crippen molar-refractivity contribution in [2.75, 3.05) is 26.0 Å². The average Bonchev–Trinajstić information content (AvgIpc) is 3.66. The monoisotopic (exact) mass is 946 g/mol. The van der Waals surface area contributed by atoms with Gasteiger partial charge in [0.25, 0.3) is 0 Å². The number of hydrazine groups is 1. The molecule has 1 heterocycles. The van der Waals surface area contributed by atoms with Gasteiger partial charge in [-0.25, -0.2) is 0 Å². The number of rotatable bonds is 17. The van der Waals surface area contributed by atoms with Crippen LogP contribution < -0.4 is 10.3 Å². The van der Waals surface area contributed by atoms with Crippen molar-refractivity contribution in [2.24, 2.45) is 5.92 Å². The SMILES string of the molecule is C=C/C(C1=CC=CC(N2C3=C(C/C=C(/C(C)=C/C=C(\C)NN(C)C4=CC=CCC=C4)C=CC3)/C(=C/C(=C\C)C(/C=C\C(=C)N(C)C3CCCC[C@@H]3C)=C/C)C2C)C=C1)=C(C)\C=C(/C)N(C)c1ccccc1. The molecule has 4 aliphatic carbocycles. The highest BCUT2D eigenvalue weighted by Crippen LogP contribution is 2.43. The summed E-state index contributed by atoms with van der Waals surface area (Å²) in [4.78, 5) is 7.30. The molecule has 1 aromatic carbocycles. The summed E-state index contributed by atoms with van der Waals surface area (Å²) in [5, 5.41) is 2.07. The van der Waals surface area contributed by atoms with Crippen LogP contribution in [-0.4, -0.2) is 54.1 Å². The maximum absolute atomic E-state index is 4.55. The second-order valence-corrected chi connectivity index (χ2v) is 19.7. The van der Waals surface area contributed by atoms with E-state index >= 15 is 0 Å². The third-order valence-corrected chi connectivity index (χ3v) is 14.9. The molecular weight excluding hydrogens is 863 g/mol. The van der Waals surface area contributed by atoms with Gasteiger partial charge in [0.15, 0.2) is 0 Å². The van der Waals surface area contributed by atoms with Crippen LogP contribution in [0.3, 0.4) is 0 Å². The molecule has 0 spiro atoms. The zero-order chi connectivity index (χ0) is 51.0. The zero-order valence-corrected chi connectivity index (χ0v) is 45.1. The summed E-state index contributed by atoms with van der Waals surface area (Å²) in [5.74, 6) is 0.677. The maximum atomic E-state index is 4.55. The minimum Gasteiger partial charge on any atom is -0.372 e. The minimum absolute atomic E-state index is 0.0515. The summed E-state index contributed by atoms with van der Waals surface area (Å²) in [7, 11) is 6.41. The van der Waals surface area contributed by atoms with E-state index in [1.807, 2.05) is 6.08 Å². The van der Waals surface area contributed by atoms with Gasteiger partial charge in [-0.05, 0) is 179 Å². The van der Waals surface area contributed by atoms with Gasteiger partial charge in [0.05, 0.1) is 17.8 Å². The van der Waals surface area contributed by atoms with Gasteiger partial charge in [-0.1, -0.05) is 148 Å². The van der Waals surface area contributed by atoms with Crippen LogP contribution in [-0.2, 0) is 0 Å². The first-order valence-electron chi connectivity index (χ1n) is 26.0. The lowest BCUT2D eigenvalue weighted by molar-refractivity contribution is 0.178. The second kappa shape index (κ2) is 25.9. The van der Waals surface area contributed by atoms with Crippen molar-refractivity contribution in [2.45, 2.75) is 118 Å². The van der Waals surface area contributed by atoms with Gasteiger partial charge in [-0.3, -0.25) is 5.01 Å². The van der Waals surface area contributed by atoms with Crippen LogP contribution in [0, 0.1) is 5.92 Å². The van der Waals surface area contributed by atoms with Crippen LogP contribution in [0.15, 0.2) is 256 Å². The van der Waals surface area contributed by atoms with Gasteiger partial charge >= 0.3 is 0 Å². The van der Waals surface area contributed by atoms with Crippen LogP contribution in [0.4, 0.5) is 5.69 Å². The normalized spacial score (nSPS) is 24.1. The van der Waals surface area contributed by atoms with E-state index in [4.69, 9.17) is 0 Å². The maximum Gasteiger partial charge on any atom is 0.0667 e. The number of benzene rings is 1. The Morgan fingerprint density at radius 1 is 0.803 bits per heavy atom. The number of para-hydroxylation sites is 1. The Bertz CT molecular complexity index is 2660. The van der Waals surface area contributed by atoms with Crippen LogP contribution in [0.2, 0.25) is 0 Å². The number of nitrogens with zero attached hydrogens (tertiary/aromatic N) is 4. The molecule has 0 saturated heterocycles. The first-order chi connectivity index (χ1) is 34.3. The highest BCUT2D eigenvalue weighted by atomic mass is 15.5. The number of hydrogen-bond acceptors (Lipinski definition) is 5. The lowest BCUT2D eigenvalue weighted by Gasteiger charge is -2.38. The smallest absolute Gasteiger partial charge is 0.0667 e. The summed E-state index contributed by atoms with van der Waals surface area (Å²) in [6.45, 7) is 26.7. The highest BCUT2D eigenvalue weighted by molar-refractivity contribution is 5.59. The van der Waals surface area contributed by atoms with Crippen molar-refractivity contribution in [1.29, 1.82) is 0 Å². The molecule has 1 fully saturated rings. The number of allylic oxidation sites excluding steroid dienone is 29. The average molecular weight is 946 g/mol. The number of anilines is 1. The number of hydrogen-bond donors (Lipinski definition) is 1. The number of nitrogens with one attached hydrogen (secondary N) is 1. The van der Waals surface area contributed by atoms with Gasteiger partial charge in [-0.15, -0.1) is 0 Å². The molecule has 0 amide bonds. The third-order valence-electron chi connectivity index (χ3n) is 14.9. The Balaban J connectivity index is 1.32. The molecule has 1 N–H and O–H groups in total. The molecule has 0 radical (unpaired) electrons. The zero-order valence-electron chi connectivity index (χ0n) is 45.1. The molecule has 4 atom stereocenters. The van der Waals surface area contributed by atoms with Gasteiger partial charge in [0.1, 0.15) is 0 Å². The first kappa shape index (κ1) is 53.6. The Kier molecular flexibility index (Phi) is 19.6. The predicted octanol–water partition coefficient (Wildman–Crippen LogP) is 16.3. The molecule has 5 nitrogen and oxygen atoms in total. The standard InChI is InChI=1S/C66H83N5/c1-14-55(41-40-52(8)69(12)65-36-25-24-28-49(65)5)56(15-2)47-64-54(10)71(61-35-26-30-58(42-44-61)62(16-3)50(6)46-53(9)68(11)59-31-22-19-23-32-59)66-37-27-29-57(43-45-63(64)66)48(4)38-39-51(7)67-70(13)60-33-20-17-18-21-34-60/h14-17,19-23,26-27,29-35,38-44,46-47,49,54,61,65,67H,3,8,18,24-25,28,36-37,45H2,1-2,4-7,9-13H3/b29-27?,41-40-,48-38+,51-39+,53-46+,55-14+,56-15+,57-43+,62-50+,64-47+/t49-,54?,61?,65?/m0/s1. The summed E-state index contributed by atoms with van der Waals surface area (Å²) in [5.41, 5.74) is 21.6. The molecule has 71 heavy (non-hydrogen) atoms.